The van der Waals surface area contributed by atoms with Gasteiger partial charge in [-0.05, 0) is 56.4 Å². The monoisotopic (exact) mass is 281 g/mol. The summed E-state index contributed by atoms with van der Waals surface area (Å²) in [5, 5.41) is 3.83. The summed E-state index contributed by atoms with van der Waals surface area (Å²) >= 11 is 0. The van der Waals surface area contributed by atoms with E-state index in [-0.39, 0.29) is 5.60 Å². The quantitative estimate of drug-likeness (QED) is 0.740. The molecule has 0 radical (unpaired) electrons. The van der Waals surface area contributed by atoms with Gasteiger partial charge in [-0.25, -0.2) is 0 Å². The minimum absolute atomic E-state index is 0.0975. The van der Waals surface area contributed by atoms with E-state index in [2.05, 4.69) is 26.1 Å². The first-order valence-corrected chi connectivity index (χ1v) is 8.80. The molecule has 2 fully saturated rings. The van der Waals surface area contributed by atoms with Crippen molar-refractivity contribution in [3.63, 3.8) is 0 Å². The Morgan fingerprint density at radius 2 is 1.80 bits per heavy atom. The number of rotatable bonds is 7. The molecule has 2 aliphatic rings. The minimum atomic E-state index is 0.0975. The highest BCUT2D eigenvalue weighted by atomic mass is 16.5. The molecule has 118 valence electrons. The Labute approximate surface area is 126 Å². The van der Waals surface area contributed by atoms with Crippen LogP contribution in [0.3, 0.4) is 0 Å². The van der Waals surface area contributed by atoms with Gasteiger partial charge in [0.15, 0.2) is 0 Å². The van der Waals surface area contributed by atoms with Gasteiger partial charge in [0.05, 0.1) is 5.60 Å². The summed E-state index contributed by atoms with van der Waals surface area (Å²) in [5.41, 5.74) is 0.605. The van der Waals surface area contributed by atoms with Crippen LogP contribution in [0, 0.1) is 11.3 Å². The van der Waals surface area contributed by atoms with Gasteiger partial charge in [0.1, 0.15) is 0 Å². The van der Waals surface area contributed by atoms with Gasteiger partial charge in [-0.15, -0.1) is 0 Å². The van der Waals surface area contributed by atoms with Crippen molar-refractivity contribution in [1.82, 2.24) is 5.32 Å². The van der Waals surface area contributed by atoms with Crippen LogP contribution in [0.1, 0.15) is 78.6 Å². The Hall–Kier alpha value is -0.0800. The van der Waals surface area contributed by atoms with Gasteiger partial charge < -0.3 is 10.1 Å². The highest BCUT2D eigenvalue weighted by molar-refractivity contribution is 5.00. The SMILES string of the molecule is CCCNC(CC1CCC1)C1(OC)CCC(C)(C)CC1. The molecule has 2 saturated carbocycles. The summed E-state index contributed by atoms with van der Waals surface area (Å²) in [4.78, 5) is 0. The van der Waals surface area contributed by atoms with Crippen molar-refractivity contribution in [1.29, 1.82) is 0 Å². The van der Waals surface area contributed by atoms with Gasteiger partial charge in [-0.3, -0.25) is 0 Å². The summed E-state index contributed by atoms with van der Waals surface area (Å²) in [6.07, 6.45) is 11.9. The second kappa shape index (κ2) is 6.79. The van der Waals surface area contributed by atoms with E-state index in [1.54, 1.807) is 0 Å². The topological polar surface area (TPSA) is 21.3 Å². The molecule has 2 nitrogen and oxygen atoms in total. The zero-order valence-corrected chi connectivity index (χ0v) is 14.1. The lowest BCUT2D eigenvalue weighted by Gasteiger charge is -2.48. The first kappa shape index (κ1) is 16.3. The van der Waals surface area contributed by atoms with Crippen LogP contribution in [-0.4, -0.2) is 25.3 Å². The van der Waals surface area contributed by atoms with E-state index in [1.807, 2.05) is 7.11 Å². The zero-order chi connectivity index (χ0) is 14.6. The third kappa shape index (κ3) is 3.76. The molecule has 0 spiro atoms. The van der Waals surface area contributed by atoms with E-state index in [1.165, 1.54) is 57.8 Å². The largest absolute Gasteiger partial charge is 0.377 e. The molecule has 2 aliphatic carbocycles. The maximum atomic E-state index is 6.14. The number of ether oxygens (including phenoxy) is 1. The van der Waals surface area contributed by atoms with Crippen LogP contribution in [0.5, 0.6) is 0 Å². The van der Waals surface area contributed by atoms with E-state index < -0.39 is 0 Å². The lowest BCUT2D eigenvalue weighted by atomic mass is 9.66. The predicted molar refractivity (Wildman–Crippen MR) is 86.0 cm³/mol. The fourth-order valence-corrected chi connectivity index (χ4v) is 3.91. The number of hydrogen-bond donors (Lipinski definition) is 1. The van der Waals surface area contributed by atoms with Crippen molar-refractivity contribution in [2.24, 2.45) is 11.3 Å². The number of hydrogen-bond acceptors (Lipinski definition) is 2. The maximum Gasteiger partial charge on any atom is 0.0831 e. The van der Waals surface area contributed by atoms with Gasteiger partial charge >= 0.3 is 0 Å². The average Bonchev–Trinajstić information content (AvgIpc) is 2.38. The molecule has 20 heavy (non-hydrogen) atoms. The molecule has 0 bridgehead atoms. The van der Waals surface area contributed by atoms with Crippen LogP contribution in [0.25, 0.3) is 0 Å². The van der Waals surface area contributed by atoms with E-state index in [4.69, 9.17) is 4.74 Å². The standard InChI is InChI=1S/C18H35NO/c1-5-13-19-16(14-15-7-6-8-15)18(20-4)11-9-17(2,3)10-12-18/h15-16,19H,5-14H2,1-4H3. The molecule has 1 N–H and O–H groups in total. The molecule has 0 aromatic heterocycles. The fourth-order valence-electron chi connectivity index (χ4n) is 3.91. The first-order valence-electron chi connectivity index (χ1n) is 8.80. The summed E-state index contributed by atoms with van der Waals surface area (Å²) in [6, 6.07) is 0.564. The van der Waals surface area contributed by atoms with Crippen LogP contribution >= 0.6 is 0 Å². The molecule has 0 saturated heterocycles. The Balaban J connectivity index is 2.02. The summed E-state index contributed by atoms with van der Waals surface area (Å²) < 4.78 is 6.14. The van der Waals surface area contributed by atoms with Crippen molar-refractivity contribution >= 4 is 0 Å². The van der Waals surface area contributed by atoms with Crippen LogP contribution in [-0.2, 0) is 4.74 Å². The lowest BCUT2D eigenvalue weighted by Crippen LogP contribution is -2.55. The molecule has 1 atom stereocenters. The van der Waals surface area contributed by atoms with Crippen LogP contribution in [0.4, 0.5) is 0 Å². The smallest absolute Gasteiger partial charge is 0.0831 e. The second-order valence-electron chi connectivity index (χ2n) is 7.97. The highest BCUT2D eigenvalue weighted by Gasteiger charge is 2.44. The Kier molecular flexibility index (Phi) is 5.53. The van der Waals surface area contributed by atoms with Gasteiger partial charge in [0.2, 0.25) is 0 Å². The molecule has 1 unspecified atom stereocenters. The fraction of sp³-hybridized carbons (Fsp3) is 1.00. The van der Waals surface area contributed by atoms with Crippen molar-refractivity contribution in [2.75, 3.05) is 13.7 Å². The molecule has 0 aliphatic heterocycles. The van der Waals surface area contributed by atoms with Crippen molar-refractivity contribution in [2.45, 2.75) is 90.2 Å². The van der Waals surface area contributed by atoms with Crippen molar-refractivity contribution < 1.29 is 4.74 Å². The van der Waals surface area contributed by atoms with Crippen LogP contribution < -0.4 is 5.32 Å². The number of methoxy groups -OCH3 is 1. The average molecular weight is 281 g/mol. The molecule has 2 heteroatoms. The van der Waals surface area contributed by atoms with E-state index in [0.717, 1.165) is 12.5 Å². The van der Waals surface area contributed by atoms with E-state index >= 15 is 0 Å². The molecule has 0 aromatic rings. The van der Waals surface area contributed by atoms with Gasteiger partial charge in [-0.1, -0.05) is 40.0 Å². The van der Waals surface area contributed by atoms with Gasteiger partial charge in [0.25, 0.3) is 0 Å². The summed E-state index contributed by atoms with van der Waals surface area (Å²) in [7, 11) is 1.94. The molecule has 0 aromatic carbocycles. The normalized spacial score (nSPS) is 27.0. The Morgan fingerprint density at radius 3 is 2.25 bits per heavy atom. The maximum absolute atomic E-state index is 6.14. The highest BCUT2D eigenvalue weighted by Crippen LogP contribution is 2.45. The number of nitrogens with one attached hydrogen (secondary N) is 1. The summed E-state index contributed by atoms with van der Waals surface area (Å²) in [5.74, 6) is 0.950. The van der Waals surface area contributed by atoms with E-state index in [0.29, 0.717) is 11.5 Å². The Bertz CT molecular complexity index is 286. The molecular formula is C18H35NO. The second-order valence-corrected chi connectivity index (χ2v) is 7.97. The first-order chi connectivity index (χ1) is 9.51. The van der Waals surface area contributed by atoms with Gasteiger partial charge in [-0.2, -0.15) is 0 Å². The third-order valence-electron chi connectivity index (χ3n) is 5.93. The zero-order valence-electron chi connectivity index (χ0n) is 14.1. The van der Waals surface area contributed by atoms with E-state index in [9.17, 15) is 0 Å². The molecule has 2 rings (SSSR count). The van der Waals surface area contributed by atoms with Crippen molar-refractivity contribution in [3.8, 4) is 0 Å². The molecule has 0 amide bonds. The lowest BCUT2D eigenvalue weighted by molar-refractivity contribution is -0.0924. The van der Waals surface area contributed by atoms with Crippen LogP contribution in [0.15, 0.2) is 0 Å². The molecular weight excluding hydrogens is 246 g/mol. The summed E-state index contributed by atoms with van der Waals surface area (Å²) in [6.45, 7) is 8.21. The predicted octanol–water partition coefficient (Wildman–Crippen LogP) is 4.53. The third-order valence-corrected chi connectivity index (χ3v) is 5.93. The molecule has 0 heterocycles. The minimum Gasteiger partial charge on any atom is -0.377 e. The van der Waals surface area contributed by atoms with Gasteiger partial charge in [0, 0.05) is 13.2 Å². The van der Waals surface area contributed by atoms with Crippen LogP contribution in [0.2, 0.25) is 0 Å². The Morgan fingerprint density at radius 1 is 1.15 bits per heavy atom. The van der Waals surface area contributed by atoms with Crippen molar-refractivity contribution in [3.05, 3.63) is 0 Å².